The molecule has 0 unspecified atom stereocenters. The molecule has 0 aromatic heterocycles. The number of aryl methyl sites for hydroxylation is 2. The van der Waals surface area contributed by atoms with Crippen LogP contribution in [0.2, 0.25) is 0 Å². The van der Waals surface area contributed by atoms with Crippen LogP contribution in [0.4, 0.5) is 10.1 Å². The fraction of sp³-hybridized carbons (Fsp3) is 0.200. The maximum absolute atomic E-state index is 13.0. The molecule has 2 aromatic rings. The van der Waals surface area contributed by atoms with Crippen LogP contribution in [0, 0.1) is 19.7 Å². The highest BCUT2D eigenvalue weighted by atomic mass is 79.9. The van der Waals surface area contributed by atoms with E-state index in [1.54, 1.807) is 12.1 Å². The van der Waals surface area contributed by atoms with E-state index in [-0.39, 0.29) is 5.82 Å². The first kappa shape index (κ1) is 13.9. The third-order valence-corrected chi connectivity index (χ3v) is 3.77. The van der Waals surface area contributed by atoms with Crippen LogP contribution in [-0.2, 0) is 6.54 Å². The molecule has 0 bridgehead atoms. The van der Waals surface area contributed by atoms with Gasteiger partial charge in [0.2, 0.25) is 0 Å². The van der Waals surface area contributed by atoms with Crippen LogP contribution in [0.25, 0.3) is 0 Å². The minimum atomic E-state index is -0.257. The predicted octanol–water partition coefficient (Wildman–Crippen LogP) is 4.52. The Hall–Kier alpha value is -1.55. The lowest BCUT2D eigenvalue weighted by Gasteiger charge is -2.12. The van der Waals surface area contributed by atoms with Crippen LogP contribution >= 0.6 is 15.9 Å². The first-order valence-corrected chi connectivity index (χ1v) is 6.74. The molecule has 0 saturated carbocycles. The van der Waals surface area contributed by atoms with Crippen molar-refractivity contribution in [2.45, 2.75) is 20.4 Å². The summed E-state index contributed by atoms with van der Waals surface area (Å²) in [6.07, 6.45) is 0. The number of anilines is 1. The van der Waals surface area contributed by atoms with E-state index in [2.05, 4.69) is 21.2 Å². The van der Waals surface area contributed by atoms with Gasteiger partial charge >= 0.3 is 0 Å². The molecule has 0 spiro atoms. The Morgan fingerprint density at radius 1 is 1.16 bits per heavy atom. The van der Waals surface area contributed by atoms with Gasteiger partial charge in [-0.2, -0.15) is 0 Å². The van der Waals surface area contributed by atoms with Gasteiger partial charge in [0.15, 0.2) is 0 Å². The molecule has 0 radical (unpaired) electrons. The van der Waals surface area contributed by atoms with E-state index < -0.39 is 0 Å². The molecule has 0 aliphatic rings. The highest BCUT2D eigenvalue weighted by Crippen LogP contribution is 2.26. The average Bonchev–Trinajstić information content (AvgIpc) is 2.34. The maximum Gasteiger partial charge on any atom is 0.124 e. The molecule has 0 aliphatic heterocycles. The monoisotopic (exact) mass is 323 g/mol. The summed E-state index contributed by atoms with van der Waals surface area (Å²) in [7, 11) is 0. The summed E-state index contributed by atoms with van der Waals surface area (Å²) < 4.78 is 13.7. The summed E-state index contributed by atoms with van der Waals surface area (Å²) in [5.74, 6) is 0.0401. The van der Waals surface area contributed by atoms with Crippen molar-refractivity contribution >= 4 is 21.6 Å². The number of hydrogen-bond acceptors (Lipinski definition) is 2. The summed E-state index contributed by atoms with van der Waals surface area (Å²) in [4.78, 5) is 0. The van der Waals surface area contributed by atoms with E-state index in [4.69, 9.17) is 0 Å². The number of rotatable bonds is 3. The number of nitrogens with one attached hydrogen (secondary N) is 1. The Bertz CT molecular complexity index is 613. The quantitative estimate of drug-likeness (QED) is 0.814. The Labute approximate surface area is 120 Å². The van der Waals surface area contributed by atoms with Gasteiger partial charge in [0, 0.05) is 16.7 Å². The van der Waals surface area contributed by atoms with Gasteiger partial charge in [0.1, 0.15) is 11.6 Å². The van der Waals surface area contributed by atoms with Crippen molar-refractivity contribution in [3.05, 3.63) is 57.3 Å². The van der Waals surface area contributed by atoms with E-state index in [1.807, 2.05) is 19.9 Å². The van der Waals surface area contributed by atoms with Crippen molar-refractivity contribution in [3.63, 3.8) is 0 Å². The fourth-order valence-corrected chi connectivity index (χ4v) is 2.34. The van der Waals surface area contributed by atoms with Gasteiger partial charge < -0.3 is 10.4 Å². The van der Waals surface area contributed by atoms with E-state index >= 15 is 0 Å². The number of hydrogen-bond donors (Lipinski definition) is 2. The molecule has 2 N–H and O–H groups in total. The van der Waals surface area contributed by atoms with Crippen LogP contribution in [-0.4, -0.2) is 5.11 Å². The van der Waals surface area contributed by atoms with Crippen molar-refractivity contribution in [1.82, 2.24) is 0 Å². The molecule has 0 aliphatic carbocycles. The number of halogens is 2. The summed E-state index contributed by atoms with van der Waals surface area (Å²) >= 11 is 3.35. The second kappa shape index (κ2) is 5.61. The topological polar surface area (TPSA) is 32.3 Å². The SMILES string of the molecule is Cc1cc(NCc2ccc(F)cc2Br)c(C)cc1O. The lowest BCUT2D eigenvalue weighted by atomic mass is 10.1. The van der Waals surface area contributed by atoms with Gasteiger partial charge in [-0.25, -0.2) is 4.39 Å². The lowest BCUT2D eigenvalue weighted by molar-refractivity contribution is 0.471. The van der Waals surface area contributed by atoms with E-state index in [0.29, 0.717) is 12.3 Å². The fourth-order valence-electron chi connectivity index (χ4n) is 1.85. The molecule has 2 rings (SSSR count). The third-order valence-electron chi connectivity index (χ3n) is 3.03. The Kier molecular flexibility index (Phi) is 4.10. The molecule has 2 nitrogen and oxygen atoms in total. The van der Waals surface area contributed by atoms with Crippen molar-refractivity contribution < 1.29 is 9.50 Å². The van der Waals surface area contributed by atoms with Gasteiger partial charge in [0.05, 0.1) is 0 Å². The largest absolute Gasteiger partial charge is 0.508 e. The molecule has 0 atom stereocenters. The minimum Gasteiger partial charge on any atom is -0.508 e. The zero-order chi connectivity index (χ0) is 14.0. The first-order valence-electron chi connectivity index (χ1n) is 5.95. The number of aromatic hydroxyl groups is 1. The van der Waals surface area contributed by atoms with Crippen LogP contribution < -0.4 is 5.32 Å². The van der Waals surface area contributed by atoms with Crippen molar-refractivity contribution in [2.75, 3.05) is 5.32 Å². The predicted molar refractivity (Wildman–Crippen MR) is 79.0 cm³/mol. The van der Waals surface area contributed by atoms with Crippen molar-refractivity contribution in [1.29, 1.82) is 0 Å². The zero-order valence-electron chi connectivity index (χ0n) is 10.8. The van der Waals surface area contributed by atoms with Crippen LogP contribution in [0.1, 0.15) is 16.7 Å². The molecule has 0 fully saturated rings. The highest BCUT2D eigenvalue weighted by Gasteiger charge is 2.05. The second-order valence-electron chi connectivity index (χ2n) is 4.54. The number of phenolic OH excluding ortho intramolecular Hbond substituents is 1. The second-order valence-corrected chi connectivity index (χ2v) is 5.40. The molecule has 0 amide bonds. The Balaban J connectivity index is 2.16. The molecule has 0 saturated heterocycles. The maximum atomic E-state index is 13.0. The molecule has 0 heterocycles. The lowest BCUT2D eigenvalue weighted by Crippen LogP contribution is -2.02. The molecule has 4 heteroatoms. The van der Waals surface area contributed by atoms with Gasteiger partial charge in [-0.3, -0.25) is 0 Å². The molecule has 19 heavy (non-hydrogen) atoms. The number of benzene rings is 2. The minimum absolute atomic E-state index is 0.257. The summed E-state index contributed by atoms with van der Waals surface area (Å²) in [5.41, 5.74) is 3.74. The van der Waals surface area contributed by atoms with Gasteiger partial charge in [-0.1, -0.05) is 22.0 Å². The van der Waals surface area contributed by atoms with Crippen molar-refractivity contribution in [3.8, 4) is 5.75 Å². The average molecular weight is 324 g/mol. The van der Waals surface area contributed by atoms with Gasteiger partial charge in [-0.15, -0.1) is 0 Å². The van der Waals surface area contributed by atoms with Gasteiger partial charge in [0.25, 0.3) is 0 Å². The van der Waals surface area contributed by atoms with Crippen molar-refractivity contribution in [2.24, 2.45) is 0 Å². The van der Waals surface area contributed by atoms with E-state index in [9.17, 15) is 9.50 Å². The van der Waals surface area contributed by atoms with E-state index in [1.165, 1.54) is 12.1 Å². The van der Waals surface area contributed by atoms with Crippen LogP contribution in [0.3, 0.4) is 0 Å². The Morgan fingerprint density at radius 3 is 2.58 bits per heavy atom. The Morgan fingerprint density at radius 2 is 1.89 bits per heavy atom. The third kappa shape index (κ3) is 3.26. The van der Waals surface area contributed by atoms with Crippen LogP contribution in [0.15, 0.2) is 34.8 Å². The first-order chi connectivity index (χ1) is 8.97. The highest BCUT2D eigenvalue weighted by molar-refractivity contribution is 9.10. The summed E-state index contributed by atoms with van der Waals surface area (Å²) in [6, 6.07) is 8.27. The molecular weight excluding hydrogens is 309 g/mol. The molecular formula is C15H15BrFNO. The summed E-state index contributed by atoms with van der Waals surface area (Å²) in [6.45, 7) is 4.38. The number of phenols is 1. The van der Waals surface area contributed by atoms with E-state index in [0.717, 1.165) is 26.9 Å². The standard InChI is InChI=1S/C15H15BrFNO/c1-9-6-15(19)10(2)5-14(9)18-8-11-3-4-12(17)7-13(11)16/h3-7,18-19H,8H2,1-2H3. The summed E-state index contributed by atoms with van der Waals surface area (Å²) in [5, 5.41) is 12.9. The normalized spacial score (nSPS) is 10.5. The van der Waals surface area contributed by atoms with Gasteiger partial charge in [-0.05, 0) is 54.8 Å². The smallest absolute Gasteiger partial charge is 0.124 e. The zero-order valence-corrected chi connectivity index (χ0v) is 12.4. The molecule has 100 valence electrons. The molecule has 2 aromatic carbocycles. The van der Waals surface area contributed by atoms with Crippen LogP contribution in [0.5, 0.6) is 5.75 Å².